The molecule has 0 aliphatic heterocycles. The third-order valence-corrected chi connectivity index (χ3v) is 3.09. The minimum Gasteiger partial charge on any atom is -0.404 e. The maximum Gasteiger partial charge on any atom is 0.433 e. The van der Waals surface area contributed by atoms with Crippen molar-refractivity contribution >= 4 is 5.88 Å². The summed E-state index contributed by atoms with van der Waals surface area (Å²) in [5.74, 6) is 0.316. The van der Waals surface area contributed by atoms with Crippen molar-refractivity contribution in [2.24, 2.45) is 7.05 Å². The standard InChI is InChI=1S/C12H16N4O3/c1-8-11(9(2)15(3)14-8)7-13-6-10-4-5-12(19-10)16(17)18/h4-5,13H,6-7H2,1-3H3. The zero-order valence-corrected chi connectivity index (χ0v) is 11.1. The molecule has 0 aliphatic carbocycles. The lowest BCUT2D eigenvalue weighted by atomic mass is 10.2. The van der Waals surface area contributed by atoms with E-state index in [-0.39, 0.29) is 5.88 Å². The van der Waals surface area contributed by atoms with Crippen molar-refractivity contribution in [3.05, 3.63) is 45.0 Å². The van der Waals surface area contributed by atoms with Crippen LogP contribution in [0.1, 0.15) is 22.7 Å². The van der Waals surface area contributed by atoms with Gasteiger partial charge in [0.25, 0.3) is 0 Å². The first kappa shape index (κ1) is 13.3. The van der Waals surface area contributed by atoms with Gasteiger partial charge in [-0.05, 0) is 19.9 Å². The van der Waals surface area contributed by atoms with Crippen molar-refractivity contribution in [1.29, 1.82) is 0 Å². The molecule has 0 amide bonds. The van der Waals surface area contributed by atoms with Gasteiger partial charge in [0.1, 0.15) is 10.7 Å². The Morgan fingerprint density at radius 1 is 1.42 bits per heavy atom. The highest BCUT2D eigenvalue weighted by atomic mass is 16.6. The van der Waals surface area contributed by atoms with Crippen molar-refractivity contribution in [1.82, 2.24) is 15.1 Å². The Balaban J connectivity index is 1.94. The second-order valence-electron chi connectivity index (χ2n) is 4.37. The Morgan fingerprint density at radius 2 is 2.16 bits per heavy atom. The van der Waals surface area contributed by atoms with Crippen LogP contribution in [0.25, 0.3) is 0 Å². The summed E-state index contributed by atoms with van der Waals surface area (Å²) in [4.78, 5) is 9.94. The van der Waals surface area contributed by atoms with Gasteiger partial charge in [0.2, 0.25) is 0 Å². The molecule has 2 rings (SSSR count). The van der Waals surface area contributed by atoms with Gasteiger partial charge in [-0.1, -0.05) is 0 Å². The highest BCUT2D eigenvalue weighted by molar-refractivity contribution is 5.24. The summed E-state index contributed by atoms with van der Waals surface area (Å²) in [6, 6.07) is 2.96. The van der Waals surface area contributed by atoms with Crippen molar-refractivity contribution in [2.75, 3.05) is 0 Å². The molecule has 102 valence electrons. The molecule has 19 heavy (non-hydrogen) atoms. The van der Waals surface area contributed by atoms with Gasteiger partial charge in [0.15, 0.2) is 0 Å². The van der Waals surface area contributed by atoms with Crippen molar-refractivity contribution in [3.8, 4) is 0 Å². The minimum absolute atomic E-state index is 0.231. The number of rotatable bonds is 5. The van der Waals surface area contributed by atoms with Crippen molar-refractivity contribution in [3.63, 3.8) is 0 Å². The second-order valence-corrected chi connectivity index (χ2v) is 4.37. The largest absolute Gasteiger partial charge is 0.433 e. The van der Waals surface area contributed by atoms with E-state index in [0.29, 0.717) is 18.8 Å². The van der Waals surface area contributed by atoms with Gasteiger partial charge in [-0.3, -0.25) is 14.8 Å². The van der Waals surface area contributed by atoms with Crippen LogP contribution in [0.2, 0.25) is 0 Å². The molecule has 0 atom stereocenters. The van der Waals surface area contributed by atoms with Gasteiger partial charge in [0, 0.05) is 24.8 Å². The van der Waals surface area contributed by atoms with Gasteiger partial charge < -0.3 is 9.73 Å². The van der Waals surface area contributed by atoms with E-state index in [4.69, 9.17) is 4.42 Å². The molecule has 0 saturated carbocycles. The second kappa shape index (κ2) is 5.23. The number of nitrogens with zero attached hydrogens (tertiary/aromatic N) is 3. The lowest BCUT2D eigenvalue weighted by molar-refractivity contribution is -0.402. The summed E-state index contributed by atoms with van der Waals surface area (Å²) in [6.45, 7) is 5.07. The van der Waals surface area contributed by atoms with Gasteiger partial charge in [-0.2, -0.15) is 5.10 Å². The van der Waals surface area contributed by atoms with Crippen LogP contribution >= 0.6 is 0 Å². The summed E-state index contributed by atoms with van der Waals surface area (Å²) in [6.07, 6.45) is 0. The molecule has 0 unspecified atom stereocenters. The Bertz CT molecular complexity index is 600. The molecule has 0 aliphatic rings. The topological polar surface area (TPSA) is 86.1 Å². The Hall–Kier alpha value is -2.15. The molecule has 0 fully saturated rings. The van der Waals surface area contributed by atoms with Crippen LogP contribution in [-0.4, -0.2) is 14.7 Å². The smallest absolute Gasteiger partial charge is 0.404 e. The molecule has 2 aromatic heterocycles. The molecule has 2 aromatic rings. The molecule has 7 nitrogen and oxygen atoms in total. The van der Waals surface area contributed by atoms with E-state index in [0.717, 1.165) is 17.0 Å². The summed E-state index contributed by atoms with van der Waals surface area (Å²) in [7, 11) is 1.90. The van der Waals surface area contributed by atoms with Gasteiger partial charge in [0.05, 0.1) is 18.3 Å². The van der Waals surface area contributed by atoms with Crippen LogP contribution < -0.4 is 5.32 Å². The van der Waals surface area contributed by atoms with Crippen LogP contribution in [0.5, 0.6) is 0 Å². The highest BCUT2D eigenvalue weighted by Crippen LogP contribution is 2.16. The van der Waals surface area contributed by atoms with Crippen LogP contribution in [0.4, 0.5) is 5.88 Å². The predicted octanol–water partition coefficient (Wildman–Crippen LogP) is 1.83. The van der Waals surface area contributed by atoms with Crippen LogP contribution in [-0.2, 0) is 20.1 Å². The van der Waals surface area contributed by atoms with E-state index in [1.165, 1.54) is 6.07 Å². The lowest BCUT2D eigenvalue weighted by Crippen LogP contribution is -2.13. The number of aromatic nitrogens is 2. The summed E-state index contributed by atoms with van der Waals surface area (Å²) >= 11 is 0. The molecule has 0 bridgehead atoms. The SMILES string of the molecule is Cc1nn(C)c(C)c1CNCc1ccc([N+](=O)[O-])o1. The molecule has 0 aromatic carbocycles. The van der Waals surface area contributed by atoms with Gasteiger partial charge >= 0.3 is 5.88 Å². The fourth-order valence-corrected chi connectivity index (χ4v) is 1.94. The molecular weight excluding hydrogens is 248 g/mol. The monoisotopic (exact) mass is 264 g/mol. The first-order valence-electron chi connectivity index (χ1n) is 5.92. The first-order valence-corrected chi connectivity index (χ1v) is 5.92. The molecule has 0 saturated heterocycles. The fraction of sp³-hybridized carbons (Fsp3) is 0.417. The number of nitrogens with one attached hydrogen (secondary N) is 1. The number of aryl methyl sites for hydroxylation is 2. The van der Waals surface area contributed by atoms with Crippen LogP contribution in [0.15, 0.2) is 16.5 Å². The maximum atomic E-state index is 10.5. The molecule has 7 heteroatoms. The summed E-state index contributed by atoms with van der Waals surface area (Å²) in [5.41, 5.74) is 3.23. The van der Waals surface area contributed by atoms with E-state index in [1.807, 2.05) is 25.6 Å². The third-order valence-electron chi connectivity index (χ3n) is 3.09. The Kier molecular flexibility index (Phi) is 3.66. The quantitative estimate of drug-likeness (QED) is 0.657. The van der Waals surface area contributed by atoms with E-state index >= 15 is 0 Å². The van der Waals surface area contributed by atoms with Gasteiger partial charge in [-0.25, -0.2) is 0 Å². The zero-order valence-electron chi connectivity index (χ0n) is 11.1. The highest BCUT2D eigenvalue weighted by Gasteiger charge is 2.12. The van der Waals surface area contributed by atoms with Gasteiger partial charge in [-0.15, -0.1) is 0 Å². The van der Waals surface area contributed by atoms with Crippen molar-refractivity contribution < 1.29 is 9.34 Å². The van der Waals surface area contributed by atoms with E-state index in [9.17, 15) is 10.1 Å². The lowest BCUT2D eigenvalue weighted by Gasteiger charge is -2.03. The molecule has 0 spiro atoms. The Morgan fingerprint density at radius 3 is 2.68 bits per heavy atom. The maximum absolute atomic E-state index is 10.5. The number of hydrogen-bond acceptors (Lipinski definition) is 5. The van der Waals surface area contributed by atoms with Crippen LogP contribution in [0, 0.1) is 24.0 Å². The summed E-state index contributed by atoms with van der Waals surface area (Å²) in [5, 5.41) is 18.0. The summed E-state index contributed by atoms with van der Waals surface area (Å²) < 4.78 is 6.90. The fourth-order valence-electron chi connectivity index (χ4n) is 1.94. The normalized spacial score (nSPS) is 10.9. The molecular formula is C12H16N4O3. The third kappa shape index (κ3) is 2.82. The molecule has 1 N–H and O–H groups in total. The van der Waals surface area contributed by atoms with Crippen LogP contribution in [0.3, 0.4) is 0 Å². The first-order chi connectivity index (χ1) is 8.99. The van der Waals surface area contributed by atoms with Crippen molar-refractivity contribution in [2.45, 2.75) is 26.9 Å². The number of hydrogen-bond donors (Lipinski definition) is 1. The minimum atomic E-state index is -0.543. The van der Waals surface area contributed by atoms with E-state index in [2.05, 4.69) is 10.4 Å². The zero-order chi connectivity index (χ0) is 14.0. The van der Waals surface area contributed by atoms with E-state index < -0.39 is 4.92 Å². The predicted molar refractivity (Wildman–Crippen MR) is 68.6 cm³/mol. The average Bonchev–Trinajstić information content (AvgIpc) is 2.90. The number of furan rings is 1. The Labute approximate surface area is 110 Å². The number of nitro groups is 1. The average molecular weight is 264 g/mol. The molecule has 2 heterocycles. The van der Waals surface area contributed by atoms with E-state index in [1.54, 1.807) is 6.07 Å². The molecule has 0 radical (unpaired) electrons.